The molecule has 0 spiro atoms. The highest BCUT2D eigenvalue weighted by molar-refractivity contribution is 6.99. The van der Waals surface area contributed by atoms with E-state index in [4.69, 9.17) is 14.9 Å². The summed E-state index contributed by atoms with van der Waals surface area (Å²) >= 11 is 0. The Morgan fingerprint density at radius 2 is 1.67 bits per heavy atom. The number of nitrogens with two attached hydrogens (primary N) is 1. The zero-order valence-electron chi connectivity index (χ0n) is 20.6. The third kappa shape index (κ3) is 4.01. The maximum atomic E-state index is 9.59. The Kier molecular flexibility index (Phi) is 6.22. The van der Waals surface area contributed by atoms with Crippen molar-refractivity contribution in [3.63, 3.8) is 0 Å². The van der Waals surface area contributed by atoms with Crippen molar-refractivity contribution in [1.82, 2.24) is 14.5 Å². The van der Waals surface area contributed by atoms with Gasteiger partial charge in [0.1, 0.15) is 30.0 Å². The van der Waals surface area contributed by atoms with Crippen molar-refractivity contribution in [1.29, 1.82) is 5.26 Å². The number of fused-ring (bicyclic) bond motifs is 1. The second-order valence-electron chi connectivity index (χ2n) is 9.94. The molecule has 7 nitrogen and oxygen atoms in total. The minimum absolute atomic E-state index is 0.121. The molecule has 1 aliphatic heterocycles. The van der Waals surface area contributed by atoms with E-state index < -0.39 is 14.5 Å². The summed E-state index contributed by atoms with van der Waals surface area (Å²) in [7, 11) is -2.67. The Morgan fingerprint density at radius 3 is 2.25 bits per heavy atom. The smallest absolute Gasteiger partial charge is 0.261 e. The van der Waals surface area contributed by atoms with Crippen LogP contribution in [0.4, 0.5) is 5.82 Å². The molecule has 0 fully saturated rings. The van der Waals surface area contributed by atoms with E-state index >= 15 is 0 Å². The molecule has 0 radical (unpaired) electrons. The topological polar surface area (TPSA) is 99.0 Å². The van der Waals surface area contributed by atoms with Gasteiger partial charge in [0, 0.05) is 6.20 Å². The van der Waals surface area contributed by atoms with Gasteiger partial charge in [-0.05, 0) is 21.5 Å². The predicted molar refractivity (Wildman–Crippen MR) is 143 cm³/mol. The van der Waals surface area contributed by atoms with Gasteiger partial charge in [0.2, 0.25) is 0 Å². The Bertz CT molecular complexity index is 1400. The van der Waals surface area contributed by atoms with Gasteiger partial charge in [-0.1, -0.05) is 87.5 Å². The molecule has 4 aromatic rings. The molecule has 2 atom stereocenters. The number of rotatable bonds is 6. The normalized spacial score (nSPS) is 17.9. The van der Waals surface area contributed by atoms with Crippen molar-refractivity contribution in [3.8, 4) is 6.07 Å². The first-order chi connectivity index (χ1) is 17.3. The summed E-state index contributed by atoms with van der Waals surface area (Å²) in [5, 5.41) is 12.5. The van der Waals surface area contributed by atoms with E-state index in [0.717, 1.165) is 0 Å². The largest absolute Gasteiger partial charge is 0.404 e. The van der Waals surface area contributed by atoms with Crippen LogP contribution in [-0.2, 0) is 9.16 Å². The number of nitrogens with zero attached hydrogens (tertiary/aromatic N) is 4. The molecule has 2 N–H and O–H groups in total. The van der Waals surface area contributed by atoms with Crippen LogP contribution in [0, 0.1) is 11.3 Å². The number of nitriles is 1. The fourth-order valence-electron chi connectivity index (χ4n) is 5.10. The highest BCUT2D eigenvalue weighted by Gasteiger charge is 2.50. The van der Waals surface area contributed by atoms with Crippen molar-refractivity contribution in [2.45, 2.75) is 38.1 Å². The van der Waals surface area contributed by atoms with Gasteiger partial charge in [-0.3, -0.25) is 0 Å². The molecule has 182 valence electrons. The van der Waals surface area contributed by atoms with E-state index in [1.165, 1.54) is 16.7 Å². The van der Waals surface area contributed by atoms with Crippen molar-refractivity contribution in [2.24, 2.45) is 0 Å². The molecule has 0 unspecified atom stereocenters. The molecule has 2 aromatic carbocycles. The van der Waals surface area contributed by atoms with Crippen molar-refractivity contribution in [3.05, 3.63) is 90.9 Å². The number of hydrogen-bond acceptors (Lipinski definition) is 6. The summed E-state index contributed by atoms with van der Waals surface area (Å²) < 4.78 is 15.2. The number of ether oxygens (including phenoxy) is 1. The first-order valence-electron chi connectivity index (χ1n) is 11.9. The molecule has 36 heavy (non-hydrogen) atoms. The second kappa shape index (κ2) is 9.35. The first-order valence-corrected chi connectivity index (χ1v) is 13.9. The monoisotopic (exact) mass is 495 g/mol. The quantitative estimate of drug-likeness (QED) is 0.322. The Hall–Kier alpha value is -3.77. The van der Waals surface area contributed by atoms with Crippen LogP contribution >= 0.6 is 0 Å². The Balaban J connectivity index is 1.44. The molecule has 0 saturated heterocycles. The lowest BCUT2D eigenvalue weighted by atomic mass is 10.2. The van der Waals surface area contributed by atoms with Crippen molar-refractivity contribution < 1.29 is 9.16 Å². The maximum Gasteiger partial charge on any atom is 0.261 e. The van der Waals surface area contributed by atoms with Crippen molar-refractivity contribution >= 4 is 35.5 Å². The standard InChI is InChI=1S/C28H29N5O2Si/c1-28(2,3)36(22-10-6-4-7-11-22,23-12-8-5-9-13-23)34-18-21-14-15-24(35-21)33-17-20(16-29)25-26(30)31-19-32-27(25)33/h4-15,17,19,21,24H,18H2,1-3H3,(H2,30,31,32)/t21-,24+/m0/s1. The lowest BCUT2D eigenvalue weighted by molar-refractivity contribution is -0.00284. The number of anilines is 1. The molecule has 5 rings (SSSR count). The summed E-state index contributed by atoms with van der Waals surface area (Å²) in [5.41, 5.74) is 7.02. The van der Waals surface area contributed by atoms with Gasteiger partial charge in [-0.25, -0.2) is 9.97 Å². The van der Waals surface area contributed by atoms with Crippen LogP contribution in [0.5, 0.6) is 0 Å². The SMILES string of the molecule is CC(C)(C)[Si](OC[C@@H]1C=C[C@H](n2cc(C#N)c3c(N)ncnc32)O1)(c1ccccc1)c1ccccc1. The highest BCUT2D eigenvalue weighted by Crippen LogP contribution is 2.37. The Labute approximate surface area is 212 Å². The van der Waals surface area contributed by atoms with Crippen LogP contribution in [0.2, 0.25) is 5.04 Å². The lowest BCUT2D eigenvalue weighted by Gasteiger charge is -2.43. The number of hydrogen-bond donors (Lipinski definition) is 1. The Morgan fingerprint density at radius 1 is 1.03 bits per heavy atom. The van der Waals surface area contributed by atoms with Gasteiger partial charge >= 0.3 is 0 Å². The van der Waals surface area contributed by atoms with Gasteiger partial charge in [0.15, 0.2) is 6.23 Å². The van der Waals surface area contributed by atoms with E-state index in [2.05, 4.69) is 85.3 Å². The van der Waals surface area contributed by atoms with Gasteiger partial charge in [-0.2, -0.15) is 5.26 Å². The van der Waals surface area contributed by atoms with Gasteiger partial charge < -0.3 is 19.5 Å². The molecule has 3 heterocycles. The summed E-state index contributed by atoms with van der Waals surface area (Å²) in [6, 6.07) is 23.3. The second-order valence-corrected chi connectivity index (χ2v) is 14.2. The molecule has 2 aromatic heterocycles. The van der Waals surface area contributed by atoms with Crippen LogP contribution < -0.4 is 16.1 Å². The molecule has 0 amide bonds. The van der Waals surface area contributed by atoms with Crippen LogP contribution in [0.1, 0.15) is 32.6 Å². The van der Waals surface area contributed by atoms with Gasteiger partial charge in [-0.15, -0.1) is 0 Å². The average Bonchev–Trinajstić information content (AvgIpc) is 3.50. The van der Waals surface area contributed by atoms with E-state index in [1.54, 1.807) is 6.20 Å². The van der Waals surface area contributed by atoms with Crippen LogP contribution in [0.15, 0.2) is 85.3 Å². The molecule has 0 bridgehead atoms. The minimum atomic E-state index is -2.67. The average molecular weight is 496 g/mol. The first kappa shape index (κ1) is 23.9. The third-order valence-corrected chi connectivity index (χ3v) is 11.7. The zero-order chi connectivity index (χ0) is 25.3. The zero-order valence-corrected chi connectivity index (χ0v) is 21.6. The molecule has 8 heteroatoms. The molecule has 0 saturated carbocycles. The number of benzene rings is 2. The molecule has 0 aliphatic carbocycles. The summed E-state index contributed by atoms with van der Waals surface area (Å²) in [4.78, 5) is 8.40. The summed E-state index contributed by atoms with van der Waals surface area (Å²) in [6.07, 6.45) is 6.44. The van der Waals surface area contributed by atoms with Crippen LogP contribution in [0.25, 0.3) is 11.0 Å². The highest BCUT2D eigenvalue weighted by atomic mass is 28.4. The van der Waals surface area contributed by atoms with Crippen molar-refractivity contribution in [2.75, 3.05) is 12.3 Å². The van der Waals surface area contributed by atoms with Gasteiger partial charge in [0.05, 0.1) is 17.6 Å². The van der Waals surface area contributed by atoms with E-state index in [0.29, 0.717) is 23.2 Å². The molecular weight excluding hydrogens is 466 g/mol. The van der Waals surface area contributed by atoms with Crippen LogP contribution in [-0.4, -0.2) is 35.6 Å². The van der Waals surface area contributed by atoms with Crippen LogP contribution in [0.3, 0.4) is 0 Å². The van der Waals surface area contributed by atoms with E-state index in [1.807, 2.05) is 28.9 Å². The lowest BCUT2D eigenvalue weighted by Crippen LogP contribution is -2.67. The third-order valence-electron chi connectivity index (χ3n) is 6.72. The van der Waals surface area contributed by atoms with E-state index in [9.17, 15) is 5.26 Å². The summed E-state index contributed by atoms with van der Waals surface area (Å²) in [6.45, 7) is 7.17. The summed E-state index contributed by atoms with van der Waals surface area (Å²) in [5.74, 6) is 0.281. The predicted octanol–water partition coefficient (Wildman–Crippen LogP) is 3.92. The maximum absolute atomic E-state index is 9.59. The molecule has 1 aliphatic rings. The molecular formula is C28H29N5O2Si. The van der Waals surface area contributed by atoms with Gasteiger partial charge in [0.25, 0.3) is 8.32 Å². The number of aromatic nitrogens is 3. The fourth-order valence-corrected chi connectivity index (χ4v) is 9.67. The fraction of sp³-hybridized carbons (Fsp3) is 0.250. The minimum Gasteiger partial charge on any atom is -0.404 e. The number of nitrogen functional groups attached to an aromatic ring is 1. The van der Waals surface area contributed by atoms with E-state index in [-0.39, 0.29) is 17.0 Å².